The first-order valence-corrected chi connectivity index (χ1v) is 10.6. The number of aryl methyl sites for hydroxylation is 1. The van der Waals surface area contributed by atoms with Crippen molar-refractivity contribution in [1.82, 2.24) is 14.9 Å². The Labute approximate surface area is 195 Å². The second kappa shape index (κ2) is 9.53. The minimum Gasteiger partial charge on any atom is -0.508 e. The molecule has 4 rings (SSSR count). The zero-order chi connectivity index (χ0) is 24.2. The predicted octanol–water partition coefficient (Wildman–Crippen LogP) is 3.05. The zero-order valence-corrected chi connectivity index (χ0v) is 18.6. The molecule has 0 spiro atoms. The van der Waals surface area contributed by atoms with Crippen LogP contribution in [-0.4, -0.2) is 50.8 Å². The minimum absolute atomic E-state index is 0.0126. The number of rotatable bonds is 5. The van der Waals surface area contributed by atoms with E-state index >= 15 is 0 Å². The molecule has 0 bridgehead atoms. The molecule has 2 N–H and O–H groups in total. The molecule has 1 aromatic heterocycles. The fourth-order valence-electron chi connectivity index (χ4n) is 3.44. The van der Waals surface area contributed by atoms with E-state index in [2.05, 4.69) is 15.0 Å². The van der Waals surface area contributed by atoms with Crippen LogP contribution in [0.15, 0.2) is 70.6 Å². The Hall–Kier alpha value is -4.53. The molecule has 1 aliphatic heterocycles. The van der Waals surface area contributed by atoms with E-state index in [1.807, 2.05) is 0 Å². The molecule has 172 valence electrons. The highest BCUT2D eigenvalue weighted by molar-refractivity contribution is 6.41. The summed E-state index contributed by atoms with van der Waals surface area (Å²) in [4.78, 5) is 49.3. The topological polar surface area (TPSA) is 125 Å². The third kappa shape index (κ3) is 4.78. The van der Waals surface area contributed by atoms with E-state index in [1.165, 1.54) is 17.2 Å². The fourth-order valence-corrected chi connectivity index (χ4v) is 3.44. The molecule has 9 heteroatoms. The van der Waals surface area contributed by atoms with Gasteiger partial charge < -0.3 is 14.8 Å². The molecule has 34 heavy (non-hydrogen) atoms. The van der Waals surface area contributed by atoms with E-state index in [9.17, 15) is 19.5 Å². The number of phenolic OH excluding ortho intramolecular Hbond substituents is 1. The number of nitrogens with zero attached hydrogens (tertiary/aromatic N) is 3. The molecule has 2 heterocycles. The van der Waals surface area contributed by atoms with E-state index < -0.39 is 11.7 Å². The average molecular weight is 458 g/mol. The number of carbonyl (C=O) groups excluding carboxylic acids is 2. The van der Waals surface area contributed by atoms with Gasteiger partial charge in [-0.25, -0.2) is 9.59 Å². The molecule has 0 radical (unpaired) electrons. The monoisotopic (exact) mass is 458 g/mol. The summed E-state index contributed by atoms with van der Waals surface area (Å²) in [6, 6.07) is 13.5. The van der Waals surface area contributed by atoms with Gasteiger partial charge in [-0.15, -0.1) is 0 Å². The number of benzene rings is 2. The lowest BCUT2D eigenvalue weighted by Crippen LogP contribution is -2.31. The van der Waals surface area contributed by atoms with Gasteiger partial charge in [0.1, 0.15) is 18.1 Å². The number of nitrogens with one attached hydrogen (secondary N) is 1. The third-order valence-electron chi connectivity index (χ3n) is 5.21. The molecule has 0 fully saturated rings. The maximum atomic E-state index is 13.0. The number of aromatic amines is 1. The lowest BCUT2D eigenvalue weighted by atomic mass is 10.0. The Morgan fingerprint density at radius 2 is 1.97 bits per heavy atom. The van der Waals surface area contributed by atoms with Gasteiger partial charge >= 0.3 is 11.7 Å². The van der Waals surface area contributed by atoms with Crippen LogP contribution < -0.4 is 5.69 Å². The zero-order valence-electron chi connectivity index (χ0n) is 18.6. The molecule has 0 unspecified atom stereocenters. The maximum absolute atomic E-state index is 13.0. The SMILES string of the molecule is CCOC(=O)C1=NCN(C(=O)c2cccc(-c3cc(-c4ccc(O)c(C)c4)[nH]c(=O)n3)c2)C=C1. The van der Waals surface area contributed by atoms with E-state index in [0.717, 1.165) is 5.56 Å². The maximum Gasteiger partial charge on any atom is 0.356 e. The summed E-state index contributed by atoms with van der Waals surface area (Å²) in [5.41, 5.74) is 2.92. The van der Waals surface area contributed by atoms with Gasteiger partial charge in [-0.3, -0.25) is 14.7 Å². The molecule has 1 amide bonds. The standard InChI is InChI=1S/C25H22N4O5/c1-3-34-24(32)19-9-10-29(14-26-19)23(31)18-6-4-5-16(12-18)20-13-21(28-25(33)27-20)17-7-8-22(30)15(2)11-17/h4-13,30H,3,14H2,1-2H3,(H,27,28,33). The molecule has 0 aliphatic carbocycles. The number of phenols is 1. The lowest BCUT2D eigenvalue weighted by Gasteiger charge is -2.20. The van der Waals surface area contributed by atoms with E-state index in [0.29, 0.717) is 28.1 Å². The Bertz CT molecular complexity index is 1390. The molecule has 0 saturated carbocycles. The number of hydrogen-bond acceptors (Lipinski definition) is 7. The van der Waals surface area contributed by atoms with Crippen LogP contribution in [0.25, 0.3) is 22.5 Å². The van der Waals surface area contributed by atoms with E-state index in [1.54, 1.807) is 62.4 Å². The number of H-pyrrole nitrogens is 1. The Balaban J connectivity index is 1.60. The molecule has 9 nitrogen and oxygen atoms in total. The number of carbonyl (C=O) groups is 2. The normalized spacial score (nSPS) is 12.9. The van der Waals surface area contributed by atoms with Gasteiger partial charge in [0.25, 0.3) is 5.91 Å². The third-order valence-corrected chi connectivity index (χ3v) is 5.21. The van der Waals surface area contributed by atoms with Gasteiger partial charge in [-0.2, -0.15) is 4.98 Å². The number of ether oxygens (including phenoxy) is 1. The van der Waals surface area contributed by atoms with Gasteiger partial charge in [-0.1, -0.05) is 12.1 Å². The van der Waals surface area contributed by atoms with Gasteiger partial charge in [0.05, 0.1) is 18.0 Å². The number of esters is 1. The van der Waals surface area contributed by atoms with Gasteiger partial charge in [0, 0.05) is 17.3 Å². The first kappa shape index (κ1) is 22.7. The summed E-state index contributed by atoms with van der Waals surface area (Å²) in [6.45, 7) is 3.70. The number of hydrogen-bond donors (Lipinski definition) is 2. The van der Waals surface area contributed by atoms with Crippen LogP contribution in [0.3, 0.4) is 0 Å². The molecular formula is C25H22N4O5. The molecular weight excluding hydrogens is 436 g/mol. The van der Waals surface area contributed by atoms with Gasteiger partial charge in [-0.05, 0) is 67.4 Å². The lowest BCUT2D eigenvalue weighted by molar-refractivity contribution is -0.134. The highest BCUT2D eigenvalue weighted by Gasteiger charge is 2.20. The van der Waals surface area contributed by atoms with Gasteiger partial charge in [0.15, 0.2) is 0 Å². The van der Waals surface area contributed by atoms with Crippen molar-refractivity contribution in [2.24, 2.45) is 4.99 Å². The summed E-state index contributed by atoms with van der Waals surface area (Å²) in [7, 11) is 0. The number of aliphatic imine (C=N–C) groups is 1. The van der Waals surface area contributed by atoms with Crippen LogP contribution in [0.4, 0.5) is 0 Å². The van der Waals surface area contributed by atoms with Crippen molar-refractivity contribution in [2.45, 2.75) is 13.8 Å². The Morgan fingerprint density at radius 1 is 1.15 bits per heavy atom. The predicted molar refractivity (Wildman–Crippen MR) is 126 cm³/mol. The summed E-state index contributed by atoms with van der Waals surface area (Å²) in [5.74, 6) is -0.686. The van der Waals surface area contributed by atoms with Crippen molar-refractivity contribution in [2.75, 3.05) is 13.3 Å². The first-order chi connectivity index (χ1) is 16.4. The quantitative estimate of drug-likeness (QED) is 0.566. The first-order valence-electron chi connectivity index (χ1n) is 10.6. The van der Waals surface area contributed by atoms with Crippen molar-refractivity contribution >= 4 is 17.6 Å². The summed E-state index contributed by atoms with van der Waals surface area (Å²) in [5, 5.41) is 9.78. The summed E-state index contributed by atoms with van der Waals surface area (Å²) in [6.07, 6.45) is 2.93. The van der Waals surface area contributed by atoms with Crippen molar-refractivity contribution in [3.63, 3.8) is 0 Å². The van der Waals surface area contributed by atoms with Crippen LogP contribution in [0.5, 0.6) is 5.75 Å². The molecule has 0 atom stereocenters. The minimum atomic E-state index is -0.534. The van der Waals surface area contributed by atoms with Crippen LogP contribution in [0.2, 0.25) is 0 Å². The largest absolute Gasteiger partial charge is 0.508 e. The Morgan fingerprint density at radius 3 is 2.68 bits per heavy atom. The van der Waals surface area contributed by atoms with Crippen molar-refractivity contribution in [1.29, 1.82) is 0 Å². The highest BCUT2D eigenvalue weighted by Crippen LogP contribution is 2.26. The van der Waals surface area contributed by atoms with Crippen LogP contribution in [0, 0.1) is 6.92 Å². The average Bonchev–Trinajstić information content (AvgIpc) is 2.85. The van der Waals surface area contributed by atoms with E-state index in [-0.39, 0.29) is 30.6 Å². The Kier molecular flexibility index (Phi) is 6.35. The van der Waals surface area contributed by atoms with E-state index in [4.69, 9.17) is 4.74 Å². The van der Waals surface area contributed by atoms with Crippen molar-refractivity contribution in [3.05, 3.63) is 82.4 Å². The molecule has 0 saturated heterocycles. The van der Waals surface area contributed by atoms with Crippen molar-refractivity contribution in [3.8, 4) is 28.3 Å². The number of aromatic hydroxyl groups is 1. The smallest absolute Gasteiger partial charge is 0.356 e. The summed E-state index contributed by atoms with van der Waals surface area (Å²) < 4.78 is 4.92. The van der Waals surface area contributed by atoms with Crippen molar-refractivity contribution < 1.29 is 19.4 Å². The molecule has 1 aliphatic rings. The summed E-state index contributed by atoms with van der Waals surface area (Å²) >= 11 is 0. The highest BCUT2D eigenvalue weighted by atomic mass is 16.5. The van der Waals surface area contributed by atoms with Crippen LogP contribution >= 0.6 is 0 Å². The molecule has 2 aromatic carbocycles. The molecule has 3 aromatic rings. The van der Waals surface area contributed by atoms with Crippen LogP contribution in [0.1, 0.15) is 22.8 Å². The number of amides is 1. The second-order valence-corrected chi connectivity index (χ2v) is 7.56. The van der Waals surface area contributed by atoms with Crippen LogP contribution in [-0.2, 0) is 9.53 Å². The fraction of sp³-hybridized carbons (Fsp3) is 0.160. The second-order valence-electron chi connectivity index (χ2n) is 7.56. The number of aromatic nitrogens is 2. The van der Waals surface area contributed by atoms with Gasteiger partial charge in [0.2, 0.25) is 0 Å².